The van der Waals surface area contributed by atoms with Crippen LogP contribution in [0.5, 0.6) is 5.75 Å². The first-order valence-corrected chi connectivity index (χ1v) is 9.91. The van der Waals surface area contributed by atoms with Crippen molar-refractivity contribution in [3.8, 4) is 5.75 Å². The number of hydrogen-bond donors (Lipinski definition) is 1. The van der Waals surface area contributed by atoms with Crippen LogP contribution in [0.2, 0.25) is 5.02 Å². The summed E-state index contributed by atoms with van der Waals surface area (Å²) in [5, 5.41) is 3.33. The van der Waals surface area contributed by atoms with Gasteiger partial charge in [-0.1, -0.05) is 23.7 Å². The Morgan fingerprint density at radius 1 is 1.17 bits per heavy atom. The van der Waals surface area contributed by atoms with Gasteiger partial charge in [0.05, 0.1) is 45.5 Å². The van der Waals surface area contributed by atoms with E-state index in [4.69, 9.17) is 21.1 Å². The molecule has 0 spiro atoms. The molecule has 0 bridgehead atoms. The molecule has 1 N–H and O–H groups in total. The van der Waals surface area contributed by atoms with E-state index in [0.717, 1.165) is 42.8 Å². The molecule has 1 saturated heterocycles. The number of amides is 1. The second-order valence-electron chi connectivity index (χ2n) is 7.78. The Morgan fingerprint density at radius 3 is 2.41 bits per heavy atom. The van der Waals surface area contributed by atoms with Gasteiger partial charge in [0.2, 0.25) is 0 Å². The van der Waals surface area contributed by atoms with E-state index in [1.165, 1.54) is 5.56 Å². The highest BCUT2D eigenvalue weighted by atomic mass is 127. The van der Waals surface area contributed by atoms with Crippen molar-refractivity contribution < 1.29 is 42.7 Å². The molecular formula is C22H28ClIN2O3. The van der Waals surface area contributed by atoms with Gasteiger partial charge in [-0.15, -0.1) is 0 Å². The molecule has 0 aliphatic carbocycles. The third-order valence-corrected chi connectivity index (χ3v) is 5.69. The van der Waals surface area contributed by atoms with Crippen molar-refractivity contribution in [1.82, 2.24) is 0 Å². The van der Waals surface area contributed by atoms with E-state index in [1.54, 1.807) is 25.3 Å². The van der Waals surface area contributed by atoms with Gasteiger partial charge in [0.1, 0.15) is 12.3 Å². The zero-order valence-electron chi connectivity index (χ0n) is 17.1. The molecule has 2 aromatic rings. The minimum Gasteiger partial charge on any atom is -1.00 e. The lowest BCUT2D eigenvalue weighted by Crippen LogP contribution is -3.00. The van der Waals surface area contributed by atoms with Gasteiger partial charge in [0, 0.05) is 29.7 Å². The number of nitrogens with one attached hydrogen (secondary N) is 1. The fourth-order valence-corrected chi connectivity index (χ4v) is 3.95. The van der Waals surface area contributed by atoms with Crippen LogP contribution in [0.15, 0.2) is 42.5 Å². The lowest BCUT2D eigenvalue weighted by atomic mass is 10.0. The Hall–Kier alpha value is -1.35. The summed E-state index contributed by atoms with van der Waals surface area (Å²) in [4.78, 5) is 12.5. The van der Waals surface area contributed by atoms with Crippen molar-refractivity contribution in [2.75, 3.05) is 39.7 Å². The maximum atomic E-state index is 12.5. The molecule has 3 rings (SSSR count). The fraction of sp³-hybridized carbons (Fsp3) is 0.409. The summed E-state index contributed by atoms with van der Waals surface area (Å²) in [6.45, 7) is 2.66. The number of anilines is 1. The highest BCUT2D eigenvalue weighted by Gasteiger charge is 2.30. The lowest BCUT2D eigenvalue weighted by molar-refractivity contribution is -0.929. The van der Waals surface area contributed by atoms with Crippen LogP contribution < -0.4 is 34.0 Å². The van der Waals surface area contributed by atoms with Crippen molar-refractivity contribution in [2.45, 2.75) is 25.4 Å². The van der Waals surface area contributed by atoms with Crippen LogP contribution in [-0.4, -0.2) is 50.9 Å². The predicted octanol–water partition coefficient (Wildman–Crippen LogP) is 1.36. The van der Waals surface area contributed by atoms with E-state index in [9.17, 15) is 4.79 Å². The number of ether oxygens (including phenoxy) is 2. The second kappa shape index (κ2) is 10.6. The number of hydrogen-bond acceptors (Lipinski definition) is 3. The molecule has 1 amide bonds. The Labute approximate surface area is 194 Å². The molecule has 1 aliphatic heterocycles. The Kier molecular flexibility index (Phi) is 8.75. The van der Waals surface area contributed by atoms with Crippen LogP contribution in [-0.2, 0) is 11.3 Å². The molecule has 1 heterocycles. The summed E-state index contributed by atoms with van der Waals surface area (Å²) in [6.07, 6.45) is 2.21. The van der Waals surface area contributed by atoms with Gasteiger partial charge in [-0.3, -0.25) is 4.79 Å². The zero-order chi connectivity index (χ0) is 20.1. The van der Waals surface area contributed by atoms with Crippen molar-refractivity contribution in [2.24, 2.45) is 0 Å². The number of methoxy groups -OCH3 is 1. The van der Waals surface area contributed by atoms with Crippen LogP contribution in [0, 0.1) is 0 Å². The van der Waals surface area contributed by atoms with E-state index >= 15 is 0 Å². The molecule has 29 heavy (non-hydrogen) atoms. The molecule has 0 saturated carbocycles. The summed E-state index contributed by atoms with van der Waals surface area (Å²) < 4.78 is 11.6. The highest BCUT2D eigenvalue weighted by Crippen LogP contribution is 2.26. The third-order valence-electron chi connectivity index (χ3n) is 5.40. The van der Waals surface area contributed by atoms with E-state index in [1.807, 2.05) is 12.1 Å². The van der Waals surface area contributed by atoms with Gasteiger partial charge in [0.25, 0.3) is 5.91 Å². The van der Waals surface area contributed by atoms with Crippen molar-refractivity contribution in [1.29, 1.82) is 0 Å². The Balaban J connectivity index is 0.00000300. The predicted molar refractivity (Wildman–Crippen MR) is 112 cm³/mol. The SMILES string of the molecule is COc1ccc(C(=O)Nc2ccc(C[N+](C)(C)C3CCOCC3)cc2)cc1Cl.[I-]. The largest absolute Gasteiger partial charge is 1.00 e. The topological polar surface area (TPSA) is 47.6 Å². The fourth-order valence-electron chi connectivity index (χ4n) is 3.69. The maximum absolute atomic E-state index is 12.5. The van der Waals surface area contributed by atoms with Crippen molar-refractivity contribution in [3.63, 3.8) is 0 Å². The molecule has 0 atom stereocenters. The molecular weight excluding hydrogens is 503 g/mol. The normalized spacial score (nSPS) is 14.8. The van der Waals surface area contributed by atoms with E-state index < -0.39 is 0 Å². The average molecular weight is 531 g/mol. The molecule has 1 fully saturated rings. The van der Waals surface area contributed by atoms with Crippen LogP contribution in [0.1, 0.15) is 28.8 Å². The molecule has 158 valence electrons. The van der Waals surface area contributed by atoms with E-state index in [-0.39, 0.29) is 29.9 Å². The molecule has 2 aromatic carbocycles. The Morgan fingerprint density at radius 2 is 1.83 bits per heavy atom. The van der Waals surface area contributed by atoms with Crippen LogP contribution in [0.4, 0.5) is 5.69 Å². The zero-order valence-corrected chi connectivity index (χ0v) is 20.0. The summed E-state index contributed by atoms with van der Waals surface area (Å²) >= 11 is 6.11. The smallest absolute Gasteiger partial charge is 0.255 e. The van der Waals surface area contributed by atoms with Crippen LogP contribution >= 0.6 is 11.6 Å². The molecule has 0 unspecified atom stereocenters. The second-order valence-corrected chi connectivity index (χ2v) is 8.19. The average Bonchev–Trinajstić information content (AvgIpc) is 2.70. The summed E-state index contributed by atoms with van der Waals surface area (Å²) in [6, 6.07) is 13.7. The number of carbonyl (C=O) groups excluding carboxylic acids is 1. The standard InChI is InChI=1S/C22H27ClN2O3.HI/c1-25(2,19-10-12-28-13-11-19)15-16-4-7-18(8-5-16)24-22(26)17-6-9-21(27-3)20(23)14-17;/h4-9,14,19H,10-13,15H2,1-3H3;1H. The maximum Gasteiger partial charge on any atom is 0.255 e. The van der Waals surface area contributed by atoms with Gasteiger partial charge in [-0.2, -0.15) is 0 Å². The van der Waals surface area contributed by atoms with Gasteiger partial charge in [-0.05, 0) is 30.3 Å². The molecule has 5 nitrogen and oxygen atoms in total. The number of rotatable bonds is 6. The van der Waals surface area contributed by atoms with E-state index in [2.05, 4.69) is 31.5 Å². The van der Waals surface area contributed by atoms with Crippen molar-refractivity contribution >= 4 is 23.2 Å². The van der Waals surface area contributed by atoms with Gasteiger partial charge in [-0.25, -0.2) is 0 Å². The Bertz CT molecular complexity index is 821. The number of halogens is 2. The molecule has 0 radical (unpaired) electrons. The first kappa shape index (κ1) is 23.9. The van der Waals surface area contributed by atoms with Crippen molar-refractivity contribution in [3.05, 3.63) is 58.6 Å². The van der Waals surface area contributed by atoms with Crippen LogP contribution in [0.25, 0.3) is 0 Å². The van der Waals surface area contributed by atoms with E-state index in [0.29, 0.717) is 22.4 Å². The van der Waals surface area contributed by atoms with Crippen LogP contribution in [0.3, 0.4) is 0 Å². The molecule has 0 aromatic heterocycles. The number of nitrogens with zero attached hydrogens (tertiary/aromatic N) is 1. The minimum atomic E-state index is -0.199. The van der Waals surface area contributed by atoms with Gasteiger partial charge < -0.3 is 43.3 Å². The quantitative estimate of drug-likeness (QED) is 0.453. The third kappa shape index (κ3) is 6.31. The first-order chi connectivity index (χ1) is 13.4. The number of carbonyl (C=O) groups is 1. The molecule has 7 heteroatoms. The number of benzene rings is 2. The summed E-state index contributed by atoms with van der Waals surface area (Å²) in [5.74, 6) is 0.350. The monoisotopic (exact) mass is 530 g/mol. The lowest BCUT2D eigenvalue weighted by Gasteiger charge is -2.40. The number of quaternary nitrogens is 1. The first-order valence-electron chi connectivity index (χ1n) is 9.53. The summed E-state index contributed by atoms with van der Waals surface area (Å²) in [7, 11) is 6.10. The molecule has 1 aliphatic rings. The van der Waals surface area contributed by atoms with Gasteiger partial charge >= 0.3 is 0 Å². The van der Waals surface area contributed by atoms with Gasteiger partial charge in [0.15, 0.2) is 0 Å². The highest BCUT2D eigenvalue weighted by molar-refractivity contribution is 6.32. The summed E-state index contributed by atoms with van der Waals surface area (Å²) in [5.41, 5.74) is 2.51. The minimum absolute atomic E-state index is 0.